The molecule has 0 aliphatic rings. The van der Waals surface area contributed by atoms with Crippen molar-refractivity contribution in [3.63, 3.8) is 0 Å². The van der Waals surface area contributed by atoms with Gasteiger partial charge in [-0.1, -0.05) is 18.2 Å². The van der Waals surface area contributed by atoms with Gasteiger partial charge in [-0.05, 0) is 38.5 Å². The first-order chi connectivity index (χ1) is 7.89. The number of benzene rings is 1. The number of aryl methyl sites for hydroxylation is 1. The Bertz CT molecular complexity index is 543. The summed E-state index contributed by atoms with van der Waals surface area (Å²) >= 11 is 0. The number of aliphatic hydroxyl groups excluding tert-OH is 1. The second-order valence-electron chi connectivity index (χ2n) is 5.09. The molecular weight excluding hydrogens is 212 g/mol. The molecule has 0 spiro atoms. The summed E-state index contributed by atoms with van der Waals surface area (Å²) in [7, 11) is 0. The number of aliphatic hydroxyl groups is 1. The van der Waals surface area contributed by atoms with Crippen LogP contribution in [0.2, 0.25) is 0 Å². The SMILES string of the molecule is Cc1cc(C(O)C(C)(C)N)c2ccccc2n1. The van der Waals surface area contributed by atoms with Crippen molar-refractivity contribution >= 4 is 10.9 Å². The van der Waals surface area contributed by atoms with Crippen LogP contribution in [0, 0.1) is 6.92 Å². The highest BCUT2D eigenvalue weighted by Crippen LogP contribution is 2.29. The van der Waals surface area contributed by atoms with Gasteiger partial charge in [0.05, 0.1) is 11.6 Å². The van der Waals surface area contributed by atoms with E-state index in [1.807, 2.05) is 51.1 Å². The van der Waals surface area contributed by atoms with Gasteiger partial charge in [-0.2, -0.15) is 0 Å². The van der Waals surface area contributed by atoms with Gasteiger partial charge in [0.25, 0.3) is 0 Å². The average Bonchev–Trinajstić information content (AvgIpc) is 2.25. The van der Waals surface area contributed by atoms with Gasteiger partial charge in [-0.15, -0.1) is 0 Å². The Kier molecular flexibility index (Phi) is 2.89. The van der Waals surface area contributed by atoms with Crippen molar-refractivity contribution in [2.75, 3.05) is 0 Å². The molecule has 0 aliphatic heterocycles. The molecule has 17 heavy (non-hydrogen) atoms. The van der Waals surface area contributed by atoms with E-state index in [2.05, 4.69) is 4.98 Å². The summed E-state index contributed by atoms with van der Waals surface area (Å²) in [6.07, 6.45) is -0.700. The normalized spacial score (nSPS) is 13.9. The zero-order valence-corrected chi connectivity index (χ0v) is 10.4. The van der Waals surface area contributed by atoms with Crippen molar-refractivity contribution in [2.45, 2.75) is 32.4 Å². The number of nitrogens with zero attached hydrogens (tertiary/aromatic N) is 1. The lowest BCUT2D eigenvalue weighted by Gasteiger charge is -2.27. The number of aromatic nitrogens is 1. The molecule has 2 aromatic rings. The van der Waals surface area contributed by atoms with Crippen LogP contribution in [0.15, 0.2) is 30.3 Å². The first kappa shape index (κ1) is 12.0. The van der Waals surface area contributed by atoms with Crippen molar-refractivity contribution < 1.29 is 5.11 Å². The van der Waals surface area contributed by atoms with E-state index in [0.29, 0.717) is 0 Å². The van der Waals surface area contributed by atoms with Crippen LogP contribution in [-0.4, -0.2) is 15.6 Å². The fourth-order valence-corrected chi connectivity index (χ4v) is 1.97. The number of para-hydroxylation sites is 1. The molecule has 0 bridgehead atoms. The zero-order valence-electron chi connectivity index (χ0n) is 10.4. The lowest BCUT2D eigenvalue weighted by molar-refractivity contribution is 0.106. The second-order valence-corrected chi connectivity index (χ2v) is 5.09. The highest BCUT2D eigenvalue weighted by Gasteiger charge is 2.26. The number of hydrogen-bond donors (Lipinski definition) is 2. The topological polar surface area (TPSA) is 59.1 Å². The summed E-state index contributed by atoms with van der Waals surface area (Å²) in [6.45, 7) is 5.57. The quantitative estimate of drug-likeness (QED) is 0.832. The van der Waals surface area contributed by atoms with Crippen molar-refractivity contribution in [1.82, 2.24) is 4.98 Å². The molecule has 1 unspecified atom stereocenters. The van der Waals surface area contributed by atoms with Crippen LogP contribution in [0.4, 0.5) is 0 Å². The third-order valence-electron chi connectivity index (χ3n) is 2.88. The van der Waals surface area contributed by atoms with Crippen LogP contribution in [0.3, 0.4) is 0 Å². The Morgan fingerprint density at radius 1 is 1.29 bits per heavy atom. The Labute approximate surface area is 101 Å². The van der Waals surface area contributed by atoms with Gasteiger partial charge >= 0.3 is 0 Å². The molecule has 2 rings (SSSR count). The number of nitrogens with two attached hydrogens (primary N) is 1. The van der Waals surface area contributed by atoms with Crippen molar-refractivity contribution in [3.8, 4) is 0 Å². The molecule has 0 fully saturated rings. The van der Waals surface area contributed by atoms with Crippen molar-refractivity contribution in [2.24, 2.45) is 5.73 Å². The standard InChI is InChI=1S/C14H18N2O/c1-9-8-11(13(17)14(2,3)15)10-6-4-5-7-12(10)16-9/h4-8,13,17H,15H2,1-3H3. The maximum atomic E-state index is 10.3. The van der Waals surface area contributed by atoms with E-state index in [9.17, 15) is 5.11 Å². The lowest BCUT2D eigenvalue weighted by atomic mass is 9.90. The van der Waals surface area contributed by atoms with Crippen LogP contribution >= 0.6 is 0 Å². The molecule has 1 aromatic carbocycles. The number of rotatable bonds is 2. The zero-order chi connectivity index (χ0) is 12.6. The smallest absolute Gasteiger partial charge is 0.0971 e. The van der Waals surface area contributed by atoms with Gasteiger partial charge in [0.1, 0.15) is 0 Å². The number of fused-ring (bicyclic) bond motifs is 1. The molecule has 0 saturated carbocycles. The van der Waals surface area contributed by atoms with Gasteiger partial charge in [-0.25, -0.2) is 0 Å². The first-order valence-corrected chi connectivity index (χ1v) is 5.73. The molecule has 1 aromatic heterocycles. The molecule has 1 atom stereocenters. The van der Waals surface area contributed by atoms with Crippen LogP contribution in [0.25, 0.3) is 10.9 Å². The van der Waals surface area contributed by atoms with E-state index in [1.165, 1.54) is 0 Å². The summed E-state index contributed by atoms with van der Waals surface area (Å²) in [6, 6.07) is 9.70. The summed E-state index contributed by atoms with van der Waals surface area (Å²) in [5, 5.41) is 11.3. The molecule has 0 amide bonds. The van der Waals surface area contributed by atoms with E-state index >= 15 is 0 Å². The van der Waals surface area contributed by atoms with Crippen LogP contribution < -0.4 is 5.73 Å². The van der Waals surface area contributed by atoms with E-state index in [-0.39, 0.29) is 0 Å². The number of pyridine rings is 1. The summed E-state index contributed by atoms with van der Waals surface area (Å²) in [4.78, 5) is 4.45. The predicted molar refractivity (Wildman–Crippen MR) is 69.7 cm³/mol. The Morgan fingerprint density at radius 3 is 2.59 bits per heavy atom. The Balaban J connectivity index is 2.68. The molecular formula is C14H18N2O. The summed E-state index contributed by atoms with van der Waals surface area (Å²) in [5.41, 5.74) is 7.94. The highest BCUT2D eigenvalue weighted by molar-refractivity contribution is 5.82. The third-order valence-corrected chi connectivity index (χ3v) is 2.88. The molecule has 3 nitrogen and oxygen atoms in total. The molecule has 1 heterocycles. The van der Waals surface area contributed by atoms with E-state index in [0.717, 1.165) is 22.2 Å². The molecule has 3 N–H and O–H groups in total. The minimum atomic E-state index is -0.700. The molecule has 0 radical (unpaired) electrons. The minimum Gasteiger partial charge on any atom is -0.386 e. The minimum absolute atomic E-state index is 0.670. The fraction of sp³-hybridized carbons (Fsp3) is 0.357. The highest BCUT2D eigenvalue weighted by atomic mass is 16.3. The number of hydrogen-bond acceptors (Lipinski definition) is 3. The molecule has 0 saturated heterocycles. The van der Waals surface area contributed by atoms with Crippen molar-refractivity contribution in [3.05, 3.63) is 41.6 Å². The van der Waals surface area contributed by atoms with Crippen LogP contribution in [0.5, 0.6) is 0 Å². The van der Waals surface area contributed by atoms with E-state index in [4.69, 9.17) is 5.73 Å². The van der Waals surface area contributed by atoms with Gasteiger partial charge in [0.15, 0.2) is 0 Å². The third kappa shape index (κ3) is 2.30. The molecule has 0 aliphatic carbocycles. The van der Waals surface area contributed by atoms with Gasteiger partial charge in [-0.3, -0.25) is 4.98 Å². The Hall–Kier alpha value is -1.45. The predicted octanol–water partition coefficient (Wildman–Crippen LogP) is 2.31. The maximum absolute atomic E-state index is 10.3. The van der Waals surface area contributed by atoms with Crippen LogP contribution in [-0.2, 0) is 0 Å². The van der Waals surface area contributed by atoms with E-state index < -0.39 is 11.6 Å². The largest absolute Gasteiger partial charge is 0.386 e. The second kappa shape index (κ2) is 4.09. The van der Waals surface area contributed by atoms with Crippen molar-refractivity contribution in [1.29, 1.82) is 0 Å². The van der Waals surface area contributed by atoms with Gasteiger partial charge < -0.3 is 10.8 Å². The monoisotopic (exact) mass is 230 g/mol. The fourth-order valence-electron chi connectivity index (χ4n) is 1.97. The van der Waals surface area contributed by atoms with Gasteiger partial charge in [0, 0.05) is 16.6 Å². The van der Waals surface area contributed by atoms with Gasteiger partial charge in [0.2, 0.25) is 0 Å². The van der Waals surface area contributed by atoms with E-state index in [1.54, 1.807) is 0 Å². The summed E-state index contributed by atoms with van der Waals surface area (Å²) < 4.78 is 0. The molecule has 90 valence electrons. The lowest BCUT2D eigenvalue weighted by Crippen LogP contribution is -2.39. The summed E-state index contributed by atoms with van der Waals surface area (Å²) in [5.74, 6) is 0. The average molecular weight is 230 g/mol. The van der Waals surface area contributed by atoms with Crippen LogP contribution in [0.1, 0.15) is 31.2 Å². The molecule has 3 heteroatoms. The first-order valence-electron chi connectivity index (χ1n) is 5.73. The Morgan fingerprint density at radius 2 is 1.94 bits per heavy atom. The maximum Gasteiger partial charge on any atom is 0.0971 e.